The van der Waals surface area contributed by atoms with Crippen LogP contribution in [0.4, 0.5) is 26.3 Å². The van der Waals surface area contributed by atoms with Gasteiger partial charge in [-0.05, 0) is 23.9 Å². The minimum Gasteiger partial charge on any atom is -0.465 e. The van der Waals surface area contributed by atoms with E-state index in [0.717, 1.165) is 7.11 Å². The number of methoxy groups -OCH3 is 1. The molecule has 0 aromatic heterocycles. The monoisotopic (exact) mass is 345 g/mol. The van der Waals surface area contributed by atoms with E-state index in [-0.39, 0.29) is 0 Å². The fourth-order valence-corrected chi connectivity index (χ4v) is 2.01. The van der Waals surface area contributed by atoms with Gasteiger partial charge in [-0.1, -0.05) is 0 Å². The first kappa shape index (κ1) is 18.0. The molecule has 4 nitrogen and oxygen atoms in total. The first-order valence-electron chi connectivity index (χ1n) is 5.15. The van der Waals surface area contributed by atoms with E-state index in [4.69, 9.17) is 5.26 Å². The number of thioether (sulfide) groups is 1. The number of benzene rings is 1. The Bertz CT molecular complexity index is 620. The van der Waals surface area contributed by atoms with Gasteiger partial charge in [-0.3, -0.25) is 0 Å². The molecule has 0 radical (unpaired) electrons. The predicted octanol–water partition coefficient (Wildman–Crippen LogP) is 3.86. The number of nitriles is 1. The van der Waals surface area contributed by atoms with Gasteiger partial charge in [0.1, 0.15) is 11.8 Å². The molecular formula is C11H5F6NO3S. The second-order valence-electron chi connectivity index (χ2n) is 3.54. The molecular weight excluding hydrogens is 340 g/mol. The van der Waals surface area contributed by atoms with Crippen LogP contribution in [-0.4, -0.2) is 24.9 Å². The number of alkyl halides is 6. The van der Waals surface area contributed by atoms with Gasteiger partial charge >= 0.3 is 17.8 Å². The molecule has 0 unspecified atom stereocenters. The summed E-state index contributed by atoms with van der Waals surface area (Å²) in [6, 6.07) is 2.13. The summed E-state index contributed by atoms with van der Waals surface area (Å²) in [6.45, 7) is 0. The van der Waals surface area contributed by atoms with Gasteiger partial charge < -0.3 is 9.47 Å². The number of hydrogen-bond acceptors (Lipinski definition) is 5. The summed E-state index contributed by atoms with van der Waals surface area (Å²) in [5.41, 5.74) is -6.43. The van der Waals surface area contributed by atoms with Crippen LogP contribution in [0.25, 0.3) is 0 Å². The molecule has 0 saturated heterocycles. The Morgan fingerprint density at radius 3 is 2.23 bits per heavy atom. The van der Waals surface area contributed by atoms with E-state index in [1.54, 1.807) is 0 Å². The van der Waals surface area contributed by atoms with E-state index in [0.29, 0.717) is 12.1 Å². The van der Waals surface area contributed by atoms with Gasteiger partial charge in [0.05, 0.1) is 18.2 Å². The second-order valence-corrected chi connectivity index (χ2v) is 4.65. The summed E-state index contributed by atoms with van der Waals surface area (Å²) >= 11 is -0.761. The number of ether oxygens (including phenoxy) is 2. The number of hydrogen-bond donors (Lipinski definition) is 0. The molecule has 120 valence electrons. The van der Waals surface area contributed by atoms with Gasteiger partial charge in [0, 0.05) is 4.90 Å². The maximum Gasteiger partial charge on any atom is 0.573 e. The van der Waals surface area contributed by atoms with E-state index < -0.39 is 51.4 Å². The summed E-state index contributed by atoms with van der Waals surface area (Å²) in [5.74, 6) is -2.40. The van der Waals surface area contributed by atoms with Crippen molar-refractivity contribution in [1.82, 2.24) is 0 Å². The maximum atomic E-state index is 12.4. The quantitative estimate of drug-likeness (QED) is 0.473. The zero-order valence-corrected chi connectivity index (χ0v) is 11.3. The number of carbonyl (C=O) groups is 1. The topological polar surface area (TPSA) is 59.3 Å². The van der Waals surface area contributed by atoms with Crippen LogP contribution < -0.4 is 4.74 Å². The zero-order chi connectivity index (χ0) is 17.1. The molecule has 0 spiro atoms. The molecule has 0 aliphatic carbocycles. The highest BCUT2D eigenvalue weighted by molar-refractivity contribution is 8.00. The number of halogens is 6. The highest BCUT2D eigenvalue weighted by atomic mass is 32.2. The molecule has 0 bridgehead atoms. The van der Waals surface area contributed by atoms with Crippen molar-refractivity contribution in [3.05, 3.63) is 23.3 Å². The van der Waals surface area contributed by atoms with Gasteiger partial charge in [0.25, 0.3) is 0 Å². The highest BCUT2D eigenvalue weighted by Gasteiger charge is 2.35. The summed E-state index contributed by atoms with van der Waals surface area (Å²) < 4.78 is 81.6. The van der Waals surface area contributed by atoms with Gasteiger partial charge in [-0.2, -0.15) is 18.4 Å². The van der Waals surface area contributed by atoms with Gasteiger partial charge in [0.15, 0.2) is 0 Å². The summed E-state index contributed by atoms with van der Waals surface area (Å²) in [6.07, 6.45) is -5.18. The average molecular weight is 345 g/mol. The van der Waals surface area contributed by atoms with Crippen LogP contribution in [0.1, 0.15) is 15.9 Å². The van der Waals surface area contributed by atoms with Gasteiger partial charge in [0.2, 0.25) is 0 Å². The van der Waals surface area contributed by atoms with Gasteiger partial charge in [-0.25, -0.2) is 4.79 Å². The molecule has 1 aromatic rings. The van der Waals surface area contributed by atoms with E-state index in [1.807, 2.05) is 0 Å². The molecule has 0 aliphatic heterocycles. The summed E-state index contributed by atoms with van der Waals surface area (Å²) in [4.78, 5) is 10.6. The Labute approximate surface area is 123 Å². The van der Waals surface area contributed by atoms with Crippen molar-refractivity contribution in [2.45, 2.75) is 16.8 Å². The lowest BCUT2D eigenvalue weighted by Crippen LogP contribution is -2.18. The Kier molecular flexibility index (Phi) is 5.18. The molecule has 0 heterocycles. The third kappa shape index (κ3) is 5.03. The number of rotatable bonds is 3. The van der Waals surface area contributed by atoms with E-state index in [2.05, 4.69) is 9.47 Å². The fourth-order valence-electron chi connectivity index (χ4n) is 1.34. The molecule has 0 aliphatic rings. The number of carbonyl (C=O) groups excluding carboxylic acids is 1. The first-order valence-corrected chi connectivity index (χ1v) is 5.96. The maximum absolute atomic E-state index is 12.4. The van der Waals surface area contributed by atoms with Crippen LogP contribution in [0.3, 0.4) is 0 Å². The van der Waals surface area contributed by atoms with Crippen molar-refractivity contribution in [2.75, 3.05) is 7.11 Å². The third-order valence-electron chi connectivity index (χ3n) is 2.06. The molecule has 0 amide bonds. The van der Waals surface area contributed by atoms with Crippen LogP contribution in [0.15, 0.2) is 17.0 Å². The lowest BCUT2D eigenvalue weighted by Gasteiger charge is -2.14. The van der Waals surface area contributed by atoms with Crippen molar-refractivity contribution < 1.29 is 40.6 Å². The van der Waals surface area contributed by atoms with Crippen LogP contribution in [-0.2, 0) is 4.74 Å². The van der Waals surface area contributed by atoms with Crippen LogP contribution in [0.2, 0.25) is 0 Å². The normalized spacial score (nSPS) is 11.7. The van der Waals surface area contributed by atoms with Crippen LogP contribution in [0.5, 0.6) is 5.75 Å². The smallest absolute Gasteiger partial charge is 0.465 e. The minimum absolute atomic E-state index is 0.381. The molecule has 11 heteroatoms. The number of esters is 1. The minimum atomic E-state index is -5.18. The zero-order valence-electron chi connectivity index (χ0n) is 10.5. The third-order valence-corrected chi connectivity index (χ3v) is 2.85. The molecule has 22 heavy (non-hydrogen) atoms. The Balaban J connectivity index is 3.46. The molecule has 1 rings (SSSR count). The lowest BCUT2D eigenvalue weighted by atomic mass is 10.1. The Hall–Kier alpha value is -2.09. The standard InChI is InChI=1S/C11H5F6NO3S/c1-20-9(19)6-3-7(21-10(12,13)14)5(4-18)2-8(6)22-11(15,16)17/h2-3H,1H3. The van der Waals surface area contributed by atoms with Crippen molar-refractivity contribution in [3.8, 4) is 11.8 Å². The Morgan fingerprint density at radius 2 is 1.82 bits per heavy atom. The summed E-state index contributed by atoms with van der Waals surface area (Å²) in [7, 11) is 0.840. The Morgan fingerprint density at radius 1 is 1.23 bits per heavy atom. The highest BCUT2D eigenvalue weighted by Crippen LogP contribution is 2.41. The van der Waals surface area contributed by atoms with Crippen LogP contribution in [0, 0.1) is 11.3 Å². The SMILES string of the molecule is COC(=O)c1cc(OC(F)(F)F)c(C#N)cc1SC(F)(F)F. The van der Waals surface area contributed by atoms with Crippen molar-refractivity contribution in [2.24, 2.45) is 0 Å². The molecule has 1 aromatic carbocycles. The molecule has 0 saturated carbocycles. The molecule has 0 atom stereocenters. The molecule has 0 fully saturated rings. The largest absolute Gasteiger partial charge is 0.573 e. The van der Waals surface area contributed by atoms with Crippen molar-refractivity contribution in [3.63, 3.8) is 0 Å². The van der Waals surface area contributed by atoms with Gasteiger partial charge in [-0.15, -0.1) is 13.2 Å². The number of nitrogens with zero attached hydrogens (tertiary/aromatic N) is 1. The lowest BCUT2D eigenvalue weighted by molar-refractivity contribution is -0.274. The predicted molar refractivity (Wildman–Crippen MR) is 61.1 cm³/mol. The van der Waals surface area contributed by atoms with Crippen molar-refractivity contribution in [1.29, 1.82) is 5.26 Å². The summed E-state index contributed by atoms with van der Waals surface area (Å²) in [5, 5.41) is 8.72. The van der Waals surface area contributed by atoms with E-state index >= 15 is 0 Å². The fraction of sp³-hybridized carbons (Fsp3) is 0.273. The second kappa shape index (κ2) is 6.35. The van der Waals surface area contributed by atoms with Crippen molar-refractivity contribution >= 4 is 17.7 Å². The average Bonchev–Trinajstić information content (AvgIpc) is 2.35. The van der Waals surface area contributed by atoms with Crippen LogP contribution >= 0.6 is 11.8 Å². The molecule has 0 N–H and O–H groups in total. The first-order chi connectivity index (χ1) is 9.96. The van der Waals surface area contributed by atoms with E-state index in [9.17, 15) is 31.1 Å². The van der Waals surface area contributed by atoms with E-state index in [1.165, 1.54) is 6.07 Å².